The number of hydrogen-bond acceptors (Lipinski definition) is 3. The van der Waals surface area contributed by atoms with Crippen molar-refractivity contribution < 1.29 is 19.0 Å². The molecule has 2 aromatic rings. The summed E-state index contributed by atoms with van der Waals surface area (Å²) in [6.07, 6.45) is 1.72. The van der Waals surface area contributed by atoms with Crippen molar-refractivity contribution in [1.82, 2.24) is 9.88 Å². The maximum Gasteiger partial charge on any atom is 0.410 e. The smallest absolute Gasteiger partial charge is 0.410 e. The van der Waals surface area contributed by atoms with E-state index in [9.17, 15) is 9.18 Å². The molecule has 1 aromatic carbocycles. The third-order valence-corrected chi connectivity index (χ3v) is 4.18. The number of nitrogens with one attached hydrogen (secondary N) is 1. The number of hydrogen-bond donors (Lipinski definition) is 2. The van der Waals surface area contributed by atoms with Crippen molar-refractivity contribution in [3.8, 4) is 0 Å². The van der Waals surface area contributed by atoms with Crippen molar-refractivity contribution in [2.24, 2.45) is 0 Å². The number of aliphatic hydroxyl groups excluding tert-OH is 1. The average molecular weight is 306 g/mol. The molecule has 1 amide bonds. The molecule has 2 N–H and O–H groups in total. The van der Waals surface area contributed by atoms with Crippen LogP contribution in [-0.2, 0) is 11.3 Å². The van der Waals surface area contributed by atoms with Gasteiger partial charge in [0.25, 0.3) is 0 Å². The molecule has 6 heteroatoms. The zero-order valence-electron chi connectivity index (χ0n) is 12.2. The fraction of sp³-hybridized carbons (Fsp3) is 0.438. The maximum atomic E-state index is 13.9. The Balaban J connectivity index is 1.54. The first-order valence-corrected chi connectivity index (χ1v) is 7.37. The van der Waals surface area contributed by atoms with Gasteiger partial charge in [-0.1, -0.05) is 6.07 Å². The third-order valence-electron chi connectivity index (χ3n) is 4.18. The third kappa shape index (κ3) is 3.06. The number of fused-ring (bicyclic) bond motifs is 1. The number of rotatable bonds is 3. The Hall–Kier alpha value is -2.08. The van der Waals surface area contributed by atoms with Crippen LogP contribution in [0.15, 0.2) is 30.5 Å². The van der Waals surface area contributed by atoms with Crippen LogP contribution in [0.4, 0.5) is 9.18 Å². The number of ether oxygens (including phenoxy) is 1. The second kappa shape index (κ2) is 5.96. The number of nitrogens with zero attached hydrogens (tertiary/aromatic N) is 1. The van der Waals surface area contributed by atoms with Gasteiger partial charge in [-0.2, -0.15) is 0 Å². The van der Waals surface area contributed by atoms with Crippen molar-refractivity contribution in [1.29, 1.82) is 0 Å². The van der Waals surface area contributed by atoms with Crippen molar-refractivity contribution in [2.75, 3.05) is 19.7 Å². The molecule has 1 aromatic heterocycles. The van der Waals surface area contributed by atoms with E-state index in [4.69, 9.17) is 9.84 Å². The highest BCUT2D eigenvalue weighted by atomic mass is 19.1. The summed E-state index contributed by atoms with van der Waals surface area (Å²) in [5.74, 6) is 0. The second-order valence-corrected chi connectivity index (χ2v) is 5.75. The van der Waals surface area contributed by atoms with Gasteiger partial charge in [0.1, 0.15) is 12.3 Å². The van der Waals surface area contributed by atoms with E-state index < -0.39 is 18.4 Å². The lowest BCUT2D eigenvalue weighted by molar-refractivity contribution is 0.00533. The number of carbonyl (C=O) groups is 1. The van der Waals surface area contributed by atoms with E-state index in [-0.39, 0.29) is 32.5 Å². The van der Waals surface area contributed by atoms with Gasteiger partial charge in [0, 0.05) is 37.6 Å². The van der Waals surface area contributed by atoms with Crippen molar-refractivity contribution >= 4 is 17.0 Å². The summed E-state index contributed by atoms with van der Waals surface area (Å²) in [5, 5.41) is 10.1. The van der Waals surface area contributed by atoms with Crippen LogP contribution in [0.3, 0.4) is 0 Å². The van der Waals surface area contributed by atoms with Gasteiger partial charge in [0.2, 0.25) is 0 Å². The Morgan fingerprint density at radius 2 is 2.14 bits per heavy atom. The SMILES string of the molecule is O=C(OCc1ccc2[nH]ccc2c1)N1CCC(F)(CO)CC1. The van der Waals surface area contributed by atoms with Gasteiger partial charge in [-0.05, 0) is 29.1 Å². The number of aliphatic hydroxyl groups is 1. The number of aromatic nitrogens is 1. The summed E-state index contributed by atoms with van der Waals surface area (Å²) in [5.41, 5.74) is 0.387. The van der Waals surface area contributed by atoms with Crippen LogP contribution in [0.5, 0.6) is 0 Å². The molecule has 2 heterocycles. The molecular weight excluding hydrogens is 287 g/mol. The summed E-state index contributed by atoms with van der Waals surface area (Å²) in [6.45, 7) is 0.239. The number of halogens is 1. The van der Waals surface area contributed by atoms with Gasteiger partial charge in [-0.3, -0.25) is 0 Å². The highest BCUT2D eigenvalue weighted by molar-refractivity contribution is 5.80. The van der Waals surface area contributed by atoms with Gasteiger partial charge in [-0.25, -0.2) is 9.18 Å². The van der Waals surface area contributed by atoms with Crippen LogP contribution in [-0.4, -0.2) is 46.4 Å². The van der Waals surface area contributed by atoms with E-state index in [1.807, 2.05) is 30.5 Å². The maximum absolute atomic E-state index is 13.9. The number of likely N-dealkylation sites (tertiary alicyclic amines) is 1. The molecule has 1 saturated heterocycles. The molecule has 0 saturated carbocycles. The first kappa shape index (κ1) is 14.8. The predicted octanol–water partition coefficient (Wildman–Crippen LogP) is 2.60. The number of amides is 1. The minimum Gasteiger partial charge on any atom is -0.445 e. The Labute approximate surface area is 127 Å². The molecular formula is C16H19FN2O3. The molecule has 22 heavy (non-hydrogen) atoms. The molecule has 118 valence electrons. The summed E-state index contributed by atoms with van der Waals surface area (Å²) >= 11 is 0. The molecule has 0 unspecified atom stereocenters. The number of piperidine rings is 1. The molecule has 3 rings (SSSR count). The molecule has 5 nitrogen and oxygen atoms in total. The number of H-pyrrole nitrogens is 1. The first-order valence-electron chi connectivity index (χ1n) is 7.37. The van der Waals surface area contributed by atoms with E-state index in [0.29, 0.717) is 0 Å². The minimum absolute atomic E-state index is 0.147. The van der Waals surface area contributed by atoms with Crippen LogP contribution < -0.4 is 0 Å². The lowest BCUT2D eigenvalue weighted by Crippen LogP contribution is -2.46. The summed E-state index contributed by atoms with van der Waals surface area (Å²) in [4.78, 5) is 16.6. The van der Waals surface area contributed by atoms with Crippen molar-refractivity contribution in [2.45, 2.75) is 25.1 Å². The highest BCUT2D eigenvalue weighted by Gasteiger charge is 2.35. The average Bonchev–Trinajstić information content (AvgIpc) is 3.01. The monoisotopic (exact) mass is 306 g/mol. The Bertz CT molecular complexity index is 662. The normalized spacial score (nSPS) is 17.6. The Morgan fingerprint density at radius 1 is 1.36 bits per heavy atom. The number of carbonyl (C=O) groups excluding carboxylic acids is 1. The predicted molar refractivity (Wildman–Crippen MR) is 80.2 cm³/mol. The molecule has 1 fully saturated rings. The molecule has 0 aliphatic carbocycles. The van der Waals surface area contributed by atoms with Crippen LogP contribution in [0.1, 0.15) is 18.4 Å². The molecule has 1 aliphatic rings. The van der Waals surface area contributed by atoms with E-state index in [1.165, 1.54) is 4.90 Å². The molecule has 1 aliphatic heterocycles. The van der Waals surface area contributed by atoms with Crippen molar-refractivity contribution in [3.05, 3.63) is 36.0 Å². The molecule has 0 atom stereocenters. The first-order chi connectivity index (χ1) is 10.6. The lowest BCUT2D eigenvalue weighted by Gasteiger charge is -2.34. The van der Waals surface area contributed by atoms with Gasteiger partial charge >= 0.3 is 6.09 Å². The van der Waals surface area contributed by atoms with Crippen LogP contribution in [0.25, 0.3) is 10.9 Å². The highest BCUT2D eigenvalue weighted by Crippen LogP contribution is 2.26. The van der Waals surface area contributed by atoms with Gasteiger partial charge in [-0.15, -0.1) is 0 Å². The quantitative estimate of drug-likeness (QED) is 0.916. The topological polar surface area (TPSA) is 65.6 Å². The molecule has 0 radical (unpaired) electrons. The van der Waals surface area contributed by atoms with Gasteiger partial charge in [0.05, 0.1) is 6.61 Å². The molecule has 0 bridgehead atoms. The zero-order valence-corrected chi connectivity index (χ0v) is 12.2. The van der Waals surface area contributed by atoms with Crippen LogP contribution >= 0.6 is 0 Å². The molecule has 0 spiro atoms. The fourth-order valence-corrected chi connectivity index (χ4v) is 2.68. The minimum atomic E-state index is -1.56. The van der Waals surface area contributed by atoms with Crippen molar-refractivity contribution in [3.63, 3.8) is 0 Å². The van der Waals surface area contributed by atoms with Crippen LogP contribution in [0, 0.1) is 0 Å². The zero-order chi connectivity index (χ0) is 15.6. The fourth-order valence-electron chi connectivity index (χ4n) is 2.68. The van der Waals surface area contributed by atoms with E-state index in [1.54, 1.807) is 0 Å². The van der Waals surface area contributed by atoms with Crippen LogP contribution in [0.2, 0.25) is 0 Å². The van der Waals surface area contributed by atoms with Gasteiger partial charge in [0.15, 0.2) is 0 Å². The van der Waals surface area contributed by atoms with Gasteiger partial charge < -0.3 is 19.7 Å². The Kier molecular flexibility index (Phi) is 4.02. The number of alkyl halides is 1. The van der Waals surface area contributed by atoms with E-state index in [0.717, 1.165) is 16.5 Å². The summed E-state index contributed by atoms with van der Waals surface area (Å²) in [7, 11) is 0. The lowest BCUT2D eigenvalue weighted by atomic mass is 9.95. The van der Waals surface area contributed by atoms with E-state index >= 15 is 0 Å². The largest absolute Gasteiger partial charge is 0.445 e. The number of aromatic amines is 1. The van der Waals surface area contributed by atoms with E-state index in [2.05, 4.69) is 4.98 Å². The number of benzene rings is 1. The second-order valence-electron chi connectivity index (χ2n) is 5.75. The summed E-state index contributed by atoms with van der Waals surface area (Å²) < 4.78 is 19.2. The standard InChI is InChI=1S/C16H19FN2O3/c17-16(11-20)4-7-19(8-5-16)15(21)22-10-12-1-2-14-13(9-12)3-6-18-14/h1-3,6,9,18,20H,4-5,7-8,10-11H2. The Morgan fingerprint density at radius 3 is 2.86 bits per heavy atom. The summed E-state index contributed by atoms with van der Waals surface area (Å²) in [6, 6.07) is 7.77.